The molecule has 0 spiro atoms. The van der Waals surface area contributed by atoms with Crippen LogP contribution in [0.4, 0.5) is 5.13 Å². The molecule has 0 bridgehead atoms. The van der Waals surface area contributed by atoms with E-state index in [2.05, 4.69) is 10.2 Å². The SMILES string of the molecule is CN(Cc1ccc(Cl)s1)c1nnc(SCC(=O)O)s1. The molecular weight excluding hydrogens is 326 g/mol. The minimum absolute atomic E-state index is 0.00111. The fourth-order valence-corrected chi connectivity index (χ4v) is 3.94. The van der Waals surface area contributed by atoms with Crippen LogP contribution in [0.3, 0.4) is 0 Å². The molecule has 0 atom stereocenters. The van der Waals surface area contributed by atoms with Crippen molar-refractivity contribution in [2.45, 2.75) is 10.9 Å². The highest BCUT2D eigenvalue weighted by Crippen LogP contribution is 2.29. The van der Waals surface area contributed by atoms with Gasteiger partial charge in [-0.2, -0.15) is 0 Å². The van der Waals surface area contributed by atoms with Gasteiger partial charge in [-0.05, 0) is 12.1 Å². The summed E-state index contributed by atoms with van der Waals surface area (Å²) in [6.45, 7) is 0.704. The molecule has 0 aromatic carbocycles. The quantitative estimate of drug-likeness (QED) is 0.818. The Hall–Kier alpha value is -0.830. The molecule has 1 N–H and O–H groups in total. The van der Waals surface area contributed by atoms with E-state index >= 15 is 0 Å². The Bertz CT molecular complexity index is 572. The molecule has 5 nitrogen and oxygen atoms in total. The van der Waals surface area contributed by atoms with Gasteiger partial charge < -0.3 is 10.0 Å². The van der Waals surface area contributed by atoms with Crippen LogP contribution in [0.1, 0.15) is 4.88 Å². The third kappa shape index (κ3) is 4.34. The van der Waals surface area contributed by atoms with E-state index in [-0.39, 0.29) is 5.75 Å². The topological polar surface area (TPSA) is 66.3 Å². The van der Waals surface area contributed by atoms with Crippen LogP contribution in [0.25, 0.3) is 0 Å². The number of carboxylic acids is 1. The average molecular weight is 336 g/mol. The number of carboxylic acid groups (broad SMARTS) is 1. The van der Waals surface area contributed by atoms with Gasteiger partial charge in [-0.25, -0.2) is 0 Å². The lowest BCUT2D eigenvalue weighted by atomic mass is 10.4. The number of rotatable bonds is 6. The highest BCUT2D eigenvalue weighted by molar-refractivity contribution is 8.01. The number of hydrogen-bond acceptors (Lipinski definition) is 7. The second-order valence-electron chi connectivity index (χ2n) is 3.59. The van der Waals surface area contributed by atoms with Gasteiger partial charge in [-0.15, -0.1) is 21.5 Å². The molecule has 2 aromatic rings. The van der Waals surface area contributed by atoms with Crippen molar-refractivity contribution in [2.75, 3.05) is 17.7 Å². The number of anilines is 1. The molecule has 0 aliphatic carbocycles. The molecule has 0 fully saturated rings. The minimum Gasteiger partial charge on any atom is -0.481 e. The number of halogens is 1. The van der Waals surface area contributed by atoms with E-state index in [1.54, 1.807) is 0 Å². The van der Waals surface area contributed by atoms with E-state index in [1.807, 2.05) is 24.1 Å². The Morgan fingerprint density at radius 2 is 2.26 bits per heavy atom. The zero-order valence-electron chi connectivity index (χ0n) is 9.87. The highest BCUT2D eigenvalue weighted by atomic mass is 35.5. The van der Waals surface area contributed by atoms with Gasteiger partial charge in [0.1, 0.15) is 0 Å². The molecule has 2 rings (SSSR count). The summed E-state index contributed by atoms with van der Waals surface area (Å²) in [5, 5.41) is 17.4. The van der Waals surface area contributed by atoms with Crippen LogP contribution in [0.5, 0.6) is 0 Å². The molecule has 0 aliphatic rings. The maximum absolute atomic E-state index is 10.5. The van der Waals surface area contributed by atoms with Crippen LogP contribution in [0, 0.1) is 0 Å². The average Bonchev–Trinajstić information content (AvgIpc) is 2.95. The molecule has 0 saturated heterocycles. The first kappa shape index (κ1) is 14.6. The van der Waals surface area contributed by atoms with Crippen molar-refractivity contribution in [1.29, 1.82) is 0 Å². The Morgan fingerprint density at radius 3 is 2.89 bits per heavy atom. The third-order valence-electron chi connectivity index (χ3n) is 2.06. The first-order valence-electron chi connectivity index (χ1n) is 5.18. The number of aromatic nitrogens is 2. The predicted molar refractivity (Wildman–Crippen MR) is 79.7 cm³/mol. The molecule has 0 unspecified atom stereocenters. The van der Waals surface area contributed by atoms with Crippen molar-refractivity contribution in [2.24, 2.45) is 0 Å². The Balaban J connectivity index is 1.95. The molecule has 2 aromatic heterocycles. The molecular formula is C10H10ClN3O2S3. The van der Waals surface area contributed by atoms with Crippen LogP contribution in [0.2, 0.25) is 4.34 Å². The number of hydrogen-bond donors (Lipinski definition) is 1. The summed E-state index contributed by atoms with van der Waals surface area (Å²) in [6.07, 6.45) is 0. The highest BCUT2D eigenvalue weighted by Gasteiger charge is 2.11. The summed E-state index contributed by atoms with van der Waals surface area (Å²) < 4.78 is 1.42. The normalized spacial score (nSPS) is 10.6. The zero-order valence-corrected chi connectivity index (χ0v) is 13.1. The first-order chi connectivity index (χ1) is 9.04. The van der Waals surface area contributed by atoms with Gasteiger partial charge >= 0.3 is 5.97 Å². The largest absolute Gasteiger partial charge is 0.481 e. The fraction of sp³-hybridized carbons (Fsp3) is 0.300. The summed E-state index contributed by atoms with van der Waals surface area (Å²) in [6, 6.07) is 3.84. The summed E-state index contributed by atoms with van der Waals surface area (Å²) in [5.74, 6) is -0.859. The van der Waals surface area contributed by atoms with Gasteiger partial charge in [-0.3, -0.25) is 4.79 Å². The first-order valence-corrected chi connectivity index (χ1v) is 8.17. The van der Waals surface area contributed by atoms with Crippen LogP contribution in [0.15, 0.2) is 16.5 Å². The fourth-order valence-electron chi connectivity index (χ4n) is 1.28. The van der Waals surface area contributed by atoms with E-state index in [1.165, 1.54) is 34.4 Å². The zero-order chi connectivity index (χ0) is 13.8. The Labute approximate surface area is 127 Å². The second-order valence-corrected chi connectivity index (χ2v) is 7.57. The van der Waals surface area contributed by atoms with Crippen molar-refractivity contribution in [1.82, 2.24) is 10.2 Å². The number of thioether (sulfide) groups is 1. The maximum Gasteiger partial charge on any atom is 0.313 e. The molecule has 0 saturated carbocycles. The molecule has 9 heteroatoms. The van der Waals surface area contributed by atoms with Crippen molar-refractivity contribution >= 4 is 57.1 Å². The van der Waals surface area contributed by atoms with Crippen LogP contribution >= 0.6 is 46.0 Å². The van der Waals surface area contributed by atoms with Crippen molar-refractivity contribution in [3.63, 3.8) is 0 Å². The number of thiophene rings is 1. The number of nitrogens with zero attached hydrogens (tertiary/aromatic N) is 3. The van der Waals surface area contributed by atoms with Gasteiger partial charge in [0.15, 0.2) is 4.34 Å². The van der Waals surface area contributed by atoms with Gasteiger partial charge in [0.2, 0.25) is 5.13 Å². The van der Waals surface area contributed by atoms with E-state index < -0.39 is 5.97 Å². The third-order valence-corrected chi connectivity index (χ3v) is 5.43. The van der Waals surface area contributed by atoms with Gasteiger partial charge in [0, 0.05) is 11.9 Å². The molecule has 0 amide bonds. The predicted octanol–water partition coefficient (Wildman–Crippen LogP) is 3.07. The monoisotopic (exact) mass is 335 g/mol. The van der Waals surface area contributed by atoms with E-state index in [0.29, 0.717) is 10.9 Å². The van der Waals surface area contributed by atoms with Crippen LogP contribution in [-0.2, 0) is 11.3 Å². The van der Waals surface area contributed by atoms with Crippen LogP contribution in [-0.4, -0.2) is 34.1 Å². The Morgan fingerprint density at radius 1 is 1.47 bits per heavy atom. The molecule has 2 heterocycles. The van der Waals surface area contributed by atoms with Crippen LogP contribution < -0.4 is 4.90 Å². The van der Waals surface area contributed by atoms with E-state index in [4.69, 9.17) is 16.7 Å². The lowest BCUT2D eigenvalue weighted by molar-refractivity contribution is -0.133. The van der Waals surface area contributed by atoms with Crippen molar-refractivity contribution in [3.8, 4) is 0 Å². The summed E-state index contributed by atoms with van der Waals surface area (Å²) in [7, 11) is 1.92. The number of carbonyl (C=O) groups is 1. The second kappa shape index (κ2) is 6.56. The minimum atomic E-state index is -0.858. The van der Waals surface area contributed by atoms with Gasteiger partial charge in [0.25, 0.3) is 0 Å². The molecule has 0 aliphatic heterocycles. The molecule has 0 radical (unpaired) electrons. The molecule has 19 heavy (non-hydrogen) atoms. The summed E-state index contributed by atoms with van der Waals surface area (Å²) >= 11 is 9.97. The standard InChI is InChI=1S/C10H10ClN3O2S3/c1-14(4-6-2-3-7(11)18-6)9-12-13-10(19-9)17-5-8(15)16/h2-3H,4-5H2,1H3,(H,15,16). The molecule has 102 valence electrons. The smallest absolute Gasteiger partial charge is 0.313 e. The van der Waals surface area contributed by atoms with Crippen molar-refractivity contribution in [3.05, 3.63) is 21.3 Å². The van der Waals surface area contributed by atoms with E-state index in [0.717, 1.165) is 14.3 Å². The lowest BCUT2D eigenvalue weighted by Crippen LogP contribution is -2.15. The van der Waals surface area contributed by atoms with E-state index in [9.17, 15) is 4.79 Å². The maximum atomic E-state index is 10.5. The Kier molecular flexibility index (Phi) is 5.03. The van der Waals surface area contributed by atoms with Crippen molar-refractivity contribution < 1.29 is 9.90 Å². The van der Waals surface area contributed by atoms with Gasteiger partial charge in [-0.1, -0.05) is 34.7 Å². The lowest BCUT2D eigenvalue weighted by Gasteiger charge is -2.12. The number of aliphatic carboxylic acids is 1. The van der Waals surface area contributed by atoms with Gasteiger partial charge in [0.05, 0.1) is 16.6 Å². The summed E-state index contributed by atoms with van der Waals surface area (Å²) in [4.78, 5) is 13.6. The summed E-state index contributed by atoms with van der Waals surface area (Å²) in [5.41, 5.74) is 0.